The second-order valence-electron chi connectivity index (χ2n) is 7.32. The molecule has 4 rings (SSSR count). The molecule has 32 heavy (non-hydrogen) atoms. The Kier molecular flexibility index (Phi) is 6.02. The van der Waals surface area contributed by atoms with Crippen molar-refractivity contribution < 1.29 is 32.5 Å². The smallest absolute Gasteiger partial charge is 0.420 e. The van der Waals surface area contributed by atoms with Crippen molar-refractivity contribution in [1.82, 2.24) is 19.7 Å². The minimum absolute atomic E-state index is 0.0534. The van der Waals surface area contributed by atoms with Crippen molar-refractivity contribution in [3.05, 3.63) is 42.2 Å². The van der Waals surface area contributed by atoms with Crippen LogP contribution in [0.5, 0.6) is 5.75 Å². The first-order valence-electron chi connectivity index (χ1n) is 9.89. The minimum atomic E-state index is -4.83. The van der Waals surface area contributed by atoms with Crippen molar-refractivity contribution in [3.8, 4) is 17.0 Å². The zero-order valence-corrected chi connectivity index (χ0v) is 17.2. The summed E-state index contributed by atoms with van der Waals surface area (Å²) in [4.78, 5) is 18.2. The molecule has 1 unspecified atom stereocenters. The summed E-state index contributed by atoms with van der Waals surface area (Å²) < 4.78 is 50.9. The second kappa shape index (κ2) is 8.75. The van der Waals surface area contributed by atoms with Crippen LogP contribution in [0.15, 0.2) is 36.5 Å². The molecule has 1 aliphatic rings. The standard InChI is InChI=1S/C21H21F3N4O4/c1-31-18-10-17-13(11-28(26-17)12-19(29)27-5-7-32-8-6-27)9-14(18)15-3-2-4-16(25-15)20(30)21(22,23)24/h2-4,9-11,20,30H,5-8,12H2,1H3. The Morgan fingerprint density at radius 2 is 2.03 bits per heavy atom. The molecular weight excluding hydrogens is 429 g/mol. The van der Waals surface area contributed by atoms with Crippen LogP contribution in [0, 0.1) is 0 Å². The van der Waals surface area contributed by atoms with Gasteiger partial charge in [0.25, 0.3) is 0 Å². The zero-order chi connectivity index (χ0) is 22.9. The maximum absolute atomic E-state index is 12.9. The summed E-state index contributed by atoms with van der Waals surface area (Å²) in [6.07, 6.45) is -5.83. The molecule has 1 atom stereocenters. The number of ether oxygens (including phenoxy) is 2. The Morgan fingerprint density at radius 3 is 2.72 bits per heavy atom. The van der Waals surface area contributed by atoms with Gasteiger partial charge in [0.1, 0.15) is 12.3 Å². The van der Waals surface area contributed by atoms with Gasteiger partial charge in [-0.1, -0.05) is 6.07 Å². The summed E-state index contributed by atoms with van der Waals surface area (Å²) in [5, 5.41) is 14.6. The highest BCUT2D eigenvalue weighted by Crippen LogP contribution is 2.36. The van der Waals surface area contributed by atoms with E-state index < -0.39 is 18.0 Å². The van der Waals surface area contributed by atoms with E-state index >= 15 is 0 Å². The maximum atomic E-state index is 12.9. The molecule has 8 nitrogen and oxygen atoms in total. The van der Waals surface area contributed by atoms with Gasteiger partial charge in [-0.3, -0.25) is 9.48 Å². The van der Waals surface area contributed by atoms with Gasteiger partial charge in [0.15, 0.2) is 6.10 Å². The number of benzene rings is 1. The molecule has 0 radical (unpaired) electrons. The lowest BCUT2D eigenvalue weighted by Gasteiger charge is -2.26. The van der Waals surface area contributed by atoms with Crippen LogP contribution in [0.25, 0.3) is 22.2 Å². The molecule has 0 bridgehead atoms. The van der Waals surface area contributed by atoms with Gasteiger partial charge < -0.3 is 19.5 Å². The number of halogens is 3. The van der Waals surface area contributed by atoms with Gasteiger partial charge >= 0.3 is 6.18 Å². The fraction of sp³-hybridized carbons (Fsp3) is 0.381. The van der Waals surface area contributed by atoms with Crippen LogP contribution in [0.4, 0.5) is 13.2 Å². The van der Waals surface area contributed by atoms with Crippen molar-refractivity contribution >= 4 is 16.8 Å². The Hall–Kier alpha value is -3.18. The van der Waals surface area contributed by atoms with Gasteiger partial charge in [-0.25, -0.2) is 4.98 Å². The number of alkyl halides is 3. The molecule has 170 valence electrons. The molecule has 1 aromatic carbocycles. The van der Waals surface area contributed by atoms with E-state index in [4.69, 9.17) is 9.47 Å². The topological polar surface area (TPSA) is 89.7 Å². The molecule has 2 aromatic heterocycles. The molecular formula is C21H21F3N4O4. The van der Waals surface area contributed by atoms with Gasteiger partial charge in [0.2, 0.25) is 5.91 Å². The Labute approximate surface area is 181 Å². The summed E-state index contributed by atoms with van der Waals surface area (Å²) in [5.41, 5.74) is 0.702. The molecule has 1 saturated heterocycles. The summed E-state index contributed by atoms with van der Waals surface area (Å²) in [5.74, 6) is 0.275. The van der Waals surface area contributed by atoms with Crippen molar-refractivity contribution in [2.75, 3.05) is 33.4 Å². The number of aliphatic hydroxyl groups excluding tert-OH is 1. The highest BCUT2D eigenvalue weighted by atomic mass is 19.4. The molecule has 11 heteroatoms. The number of carbonyl (C=O) groups is 1. The van der Waals surface area contributed by atoms with Gasteiger partial charge in [-0.05, 0) is 18.2 Å². The summed E-state index contributed by atoms with van der Waals surface area (Å²) in [6, 6.07) is 7.35. The van der Waals surface area contributed by atoms with E-state index in [2.05, 4.69) is 10.1 Å². The predicted octanol–water partition coefficient (Wildman–Crippen LogP) is 2.56. The lowest BCUT2D eigenvalue weighted by Crippen LogP contribution is -2.42. The number of morpholine rings is 1. The highest BCUT2D eigenvalue weighted by Gasteiger charge is 2.40. The number of hydrogen-bond acceptors (Lipinski definition) is 6. The van der Waals surface area contributed by atoms with Gasteiger partial charge in [-0.15, -0.1) is 0 Å². The molecule has 3 heterocycles. The number of hydrogen-bond donors (Lipinski definition) is 1. The van der Waals surface area contributed by atoms with Crippen molar-refractivity contribution in [2.24, 2.45) is 0 Å². The number of carbonyl (C=O) groups excluding carboxylic acids is 1. The minimum Gasteiger partial charge on any atom is -0.496 e. The molecule has 0 aliphatic carbocycles. The summed E-state index contributed by atoms with van der Waals surface area (Å²) >= 11 is 0. The van der Waals surface area contributed by atoms with E-state index in [0.717, 1.165) is 6.07 Å². The molecule has 1 amide bonds. The highest BCUT2D eigenvalue weighted by molar-refractivity contribution is 5.87. The number of fused-ring (bicyclic) bond motifs is 1. The third-order valence-corrected chi connectivity index (χ3v) is 5.17. The third-order valence-electron chi connectivity index (χ3n) is 5.17. The fourth-order valence-electron chi connectivity index (χ4n) is 3.53. The Balaban J connectivity index is 1.65. The Morgan fingerprint density at radius 1 is 1.28 bits per heavy atom. The number of aromatic nitrogens is 3. The first-order valence-corrected chi connectivity index (χ1v) is 9.89. The van der Waals surface area contributed by atoms with Crippen LogP contribution < -0.4 is 4.74 Å². The summed E-state index contributed by atoms with van der Waals surface area (Å²) in [6.45, 7) is 2.12. The molecule has 1 fully saturated rings. The SMILES string of the molecule is COc1cc2nn(CC(=O)N3CCOCC3)cc2cc1-c1cccc(C(O)C(F)(F)F)n1. The van der Waals surface area contributed by atoms with Crippen LogP contribution in [0.3, 0.4) is 0 Å². The number of rotatable bonds is 5. The first kappa shape index (κ1) is 22.0. The van der Waals surface area contributed by atoms with Gasteiger partial charge in [0.05, 0.1) is 37.2 Å². The van der Waals surface area contributed by atoms with Gasteiger partial charge in [-0.2, -0.15) is 18.3 Å². The molecule has 3 aromatic rings. The van der Waals surface area contributed by atoms with Crippen LogP contribution in [0.2, 0.25) is 0 Å². The number of nitrogens with zero attached hydrogens (tertiary/aromatic N) is 4. The van der Waals surface area contributed by atoms with Crippen LogP contribution in [0.1, 0.15) is 11.8 Å². The van der Waals surface area contributed by atoms with E-state index in [-0.39, 0.29) is 18.1 Å². The van der Waals surface area contributed by atoms with Crippen molar-refractivity contribution in [3.63, 3.8) is 0 Å². The van der Waals surface area contributed by atoms with E-state index in [9.17, 15) is 23.1 Å². The van der Waals surface area contributed by atoms with Crippen LogP contribution in [-0.2, 0) is 16.1 Å². The first-order chi connectivity index (χ1) is 15.3. The fourth-order valence-corrected chi connectivity index (χ4v) is 3.53. The number of aliphatic hydroxyl groups is 1. The summed E-state index contributed by atoms with van der Waals surface area (Å²) in [7, 11) is 1.43. The largest absolute Gasteiger partial charge is 0.496 e. The van der Waals surface area contributed by atoms with E-state index in [1.807, 2.05) is 0 Å². The predicted molar refractivity (Wildman–Crippen MR) is 108 cm³/mol. The second-order valence-corrected chi connectivity index (χ2v) is 7.32. The van der Waals surface area contributed by atoms with E-state index in [1.165, 1.54) is 23.9 Å². The molecule has 1 aliphatic heterocycles. The Bertz CT molecular complexity index is 1130. The third kappa shape index (κ3) is 4.53. The van der Waals surface area contributed by atoms with Crippen molar-refractivity contribution in [2.45, 2.75) is 18.8 Å². The average molecular weight is 450 g/mol. The van der Waals surface area contributed by atoms with Crippen LogP contribution in [-0.4, -0.2) is 70.3 Å². The quantitative estimate of drug-likeness (QED) is 0.643. The number of pyridine rings is 1. The van der Waals surface area contributed by atoms with E-state index in [1.54, 1.807) is 23.2 Å². The lowest BCUT2D eigenvalue weighted by atomic mass is 10.1. The lowest BCUT2D eigenvalue weighted by molar-refractivity contribution is -0.207. The maximum Gasteiger partial charge on any atom is 0.420 e. The monoisotopic (exact) mass is 450 g/mol. The van der Waals surface area contributed by atoms with Crippen molar-refractivity contribution in [1.29, 1.82) is 0 Å². The number of methoxy groups -OCH3 is 1. The number of amides is 1. The molecule has 0 saturated carbocycles. The zero-order valence-electron chi connectivity index (χ0n) is 17.2. The molecule has 0 spiro atoms. The average Bonchev–Trinajstić information content (AvgIpc) is 3.18. The normalized spacial score (nSPS) is 15.7. The van der Waals surface area contributed by atoms with Gasteiger partial charge in [0, 0.05) is 36.3 Å². The van der Waals surface area contributed by atoms with Crippen LogP contribution >= 0.6 is 0 Å². The van der Waals surface area contributed by atoms with E-state index in [0.29, 0.717) is 48.5 Å². The molecule has 1 N–H and O–H groups in total.